The Labute approximate surface area is 133 Å². The van der Waals surface area contributed by atoms with Gasteiger partial charge in [-0.15, -0.1) is 0 Å². The fraction of sp³-hybridized carbons (Fsp3) is 0.600. The average Bonchev–Trinajstić information content (AvgIpc) is 2.39. The van der Waals surface area contributed by atoms with Crippen molar-refractivity contribution in [3.63, 3.8) is 0 Å². The lowest BCUT2D eigenvalue weighted by Gasteiger charge is -2.15. The Morgan fingerprint density at radius 2 is 1.90 bits per heavy atom. The largest absolute Gasteiger partial charge is 0.310 e. The van der Waals surface area contributed by atoms with Gasteiger partial charge in [0.2, 0.25) is 10.0 Å². The minimum absolute atomic E-state index is 0.367. The molecule has 0 bridgehead atoms. The molecule has 0 spiro atoms. The fourth-order valence-electron chi connectivity index (χ4n) is 1.96. The molecule has 0 radical (unpaired) electrons. The van der Waals surface area contributed by atoms with Gasteiger partial charge in [-0.05, 0) is 42.9 Å². The summed E-state index contributed by atoms with van der Waals surface area (Å²) in [6, 6.07) is 4.19. The summed E-state index contributed by atoms with van der Waals surface area (Å²) in [7, 11) is -3.44. The molecule has 2 N–H and O–H groups in total. The summed E-state index contributed by atoms with van der Waals surface area (Å²) in [6.45, 7) is 9.08. The highest BCUT2D eigenvalue weighted by molar-refractivity contribution is 7.98. The summed E-state index contributed by atoms with van der Waals surface area (Å²) >= 11 is 1.62. The van der Waals surface area contributed by atoms with E-state index in [0.29, 0.717) is 24.0 Å². The molecule has 1 rings (SSSR count). The van der Waals surface area contributed by atoms with E-state index in [4.69, 9.17) is 0 Å². The molecular weight excluding hydrogens is 304 g/mol. The lowest BCUT2D eigenvalue weighted by atomic mass is 10.1. The van der Waals surface area contributed by atoms with Crippen LogP contribution in [0.2, 0.25) is 0 Å². The Morgan fingerprint density at radius 1 is 1.24 bits per heavy atom. The molecule has 0 fully saturated rings. The molecule has 0 aromatic heterocycles. The number of rotatable bonds is 8. The van der Waals surface area contributed by atoms with Crippen LogP contribution in [-0.2, 0) is 16.6 Å². The van der Waals surface area contributed by atoms with E-state index in [1.807, 2.05) is 26.2 Å². The molecular formula is C15H26N2O2S2. The molecule has 0 aliphatic rings. The third kappa shape index (κ3) is 5.62. The van der Waals surface area contributed by atoms with Gasteiger partial charge in [-0.2, -0.15) is 11.8 Å². The van der Waals surface area contributed by atoms with Gasteiger partial charge >= 0.3 is 0 Å². The van der Waals surface area contributed by atoms with Crippen LogP contribution in [0.1, 0.15) is 30.5 Å². The zero-order valence-corrected chi connectivity index (χ0v) is 15.1. The molecule has 0 saturated heterocycles. The minimum Gasteiger partial charge on any atom is -0.310 e. The van der Waals surface area contributed by atoms with Crippen LogP contribution in [0.15, 0.2) is 17.0 Å². The van der Waals surface area contributed by atoms with Crippen LogP contribution < -0.4 is 10.0 Å². The zero-order valence-electron chi connectivity index (χ0n) is 13.5. The summed E-state index contributed by atoms with van der Waals surface area (Å²) in [4.78, 5) is 0.393. The number of benzene rings is 1. The van der Waals surface area contributed by atoms with Crippen molar-refractivity contribution in [3.8, 4) is 0 Å². The van der Waals surface area contributed by atoms with Crippen LogP contribution in [0.4, 0.5) is 0 Å². The maximum Gasteiger partial charge on any atom is 0.240 e. The second-order valence-electron chi connectivity index (χ2n) is 5.46. The summed E-state index contributed by atoms with van der Waals surface area (Å²) in [5.41, 5.74) is 2.82. The van der Waals surface area contributed by atoms with E-state index in [1.165, 1.54) is 0 Å². The summed E-state index contributed by atoms with van der Waals surface area (Å²) in [5.74, 6) is 0.770. The Balaban J connectivity index is 3.04. The Morgan fingerprint density at radius 3 is 2.48 bits per heavy atom. The molecule has 1 aromatic carbocycles. The molecule has 0 amide bonds. The first-order chi connectivity index (χ1) is 9.77. The van der Waals surface area contributed by atoms with E-state index in [9.17, 15) is 8.42 Å². The second-order valence-corrected chi connectivity index (χ2v) is 8.18. The average molecular weight is 331 g/mol. The first-order valence-electron chi connectivity index (χ1n) is 7.10. The Kier molecular flexibility index (Phi) is 7.20. The van der Waals surface area contributed by atoms with Crippen molar-refractivity contribution in [2.24, 2.45) is 0 Å². The summed E-state index contributed by atoms with van der Waals surface area (Å²) in [6.07, 6.45) is 1.96. The third-order valence-electron chi connectivity index (χ3n) is 3.28. The van der Waals surface area contributed by atoms with Crippen LogP contribution in [0.5, 0.6) is 0 Å². The smallest absolute Gasteiger partial charge is 0.240 e. The van der Waals surface area contributed by atoms with Gasteiger partial charge in [0.1, 0.15) is 0 Å². The number of nitrogens with one attached hydrogen (secondary N) is 2. The topological polar surface area (TPSA) is 58.2 Å². The minimum atomic E-state index is -3.44. The van der Waals surface area contributed by atoms with Gasteiger partial charge in [0.25, 0.3) is 0 Å². The predicted octanol–water partition coefficient (Wildman–Crippen LogP) is 2.44. The van der Waals surface area contributed by atoms with Gasteiger partial charge in [-0.3, -0.25) is 0 Å². The SMILES string of the molecule is CSCCNS(=O)(=O)c1cc(CNC(C)C)cc(C)c1C. The van der Waals surface area contributed by atoms with Crippen molar-refractivity contribution in [3.05, 3.63) is 28.8 Å². The molecule has 0 unspecified atom stereocenters. The fourth-order valence-corrected chi connectivity index (χ4v) is 3.79. The van der Waals surface area contributed by atoms with Crippen LogP contribution in [0.25, 0.3) is 0 Å². The van der Waals surface area contributed by atoms with Crippen LogP contribution >= 0.6 is 11.8 Å². The molecule has 0 atom stereocenters. The highest BCUT2D eigenvalue weighted by atomic mass is 32.2. The summed E-state index contributed by atoms with van der Waals surface area (Å²) in [5, 5.41) is 3.32. The maximum absolute atomic E-state index is 12.4. The first kappa shape index (κ1) is 18.5. The van der Waals surface area contributed by atoms with Gasteiger partial charge in [-0.25, -0.2) is 13.1 Å². The number of sulfonamides is 1. The molecule has 120 valence electrons. The number of hydrogen-bond donors (Lipinski definition) is 2. The van der Waals surface area contributed by atoms with Gasteiger partial charge in [-0.1, -0.05) is 19.9 Å². The van der Waals surface area contributed by atoms with Gasteiger partial charge in [0.15, 0.2) is 0 Å². The maximum atomic E-state index is 12.4. The van der Waals surface area contributed by atoms with Gasteiger partial charge in [0.05, 0.1) is 4.90 Å². The van der Waals surface area contributed by atoms with Crippen molar-refractivity contribution in [2.45, 2.75) is 45.2 Å². The third-order valence-corrected chi connectivity index (χ3v) is 5.48. The summed E-state index contributed by atoms with van der Waals surface area (Å²) < 4.78 is 27.5. The van der Waals surface area contributed by atoms with Crippen molar-refractivity contribution in [1.82, 2.24) is 10.0 Å². The first-order valence-corrected chi connectivity index (χ1v) is 9.97. The van der Waals surface area contributed by atoms with E-state index >= 15 is 0 Å². The van der Waals surface area contributed by atoms with Crippen molar-refractivity contribution < 1.29 is 8.42 Å². The number of aryl methyl sites for hydroxylation is 1. The molecule has 1 aromatic rings. The van der Waals surface area contributed by atoms with Crippen molar-refractivity contribution in [2.75, 3.05) is 18.6 Å². The standard InChI is InChI=1S/C15H26N2O2S2/c1-11(2)16-10-14-8-12(3)13(4)15(9-14)21(18,19)17-6-7-20-5/h8-9,11,16-17H,6-7,10H2,1-5H3. The second kappa shape index (κ2) is 8.17. The molecule has 0 aliphatic heterocycles. The van der Waals surface area contributed by atoms with Crippen LogP contribution in [-0.4, -0.2) is 33.0 Å². The van der Waals surface area contributed by atoms with Crippen molar-refractivity contribution in [1.29, 1.82) is 0 Å². The van der Waals surface area contributed by atoms with Gasteiger partial charge in [0, 0.05) is 24.9 Å². The highest BCUT2D eigenvalue weighted by Gasteiger charge is 2.18. The van der Waals surface area contributed by atoms with Crippen molar-refractivity contribution >= 4 is 21.8 Å². The molecule has 4 nitrogen and oxygen atoms in total. The molecule has 0 aliphatic carbocycles. The van der Waals surface area contributed by atoms with E-state index in [-0.39, 0.29) is 0 Å². The monoisotopic (exact) mass is 330 g/mol. The van der Waals surface area contributed by atoms with Gasteiger partial charge < -0.3 is 5.32 Å². The number of hydrogen-bond acceptors (Lipinski definition) is 4. The Bertz CT molecular complexity index is 569. The predicted molar refractivity (Wildman–Crippen MR) is 91.5 cm³/mol. The van der Waals surface area contributed by atoms with E-state index in [2.05, 4.69) is 23.9 Å². The lowest BCUT2D eigenvalue weighted by molar-refractivity contribution is 0.580. The lowest BCUT2D eigenvalue weighted by Crippen LogP contribution is -2.27. The van der Waals surface area contributed by atoms with E-state index in [0.717, 1.165) is 22.4 Å². The Hall–Kier alpha value is -0.560. The van der Waals surface area contributed by atoms with Crippen LogP contribution in [0, 0.1) is 13.8 Å². The number of thioether (sulfide) groups is 1. The zero-order chi connectivity index (χ0) is 16.0. The van der Waals surface area contributed by atoms with Crippen LogP contribution in [0.3, 0.4) is 0 Å². The van der Waals surface area contributed by atoms with E-state index in [1.54, 1.807) is 17.8 Å². The quantitative estimate of drug-likeness (QED) is 0.719. The van der Waals surface area contributed by atoms with E-state index < -0.39 is 10.0 Å². The molecule has 21 heavy (non-hydrogen) atoms. The molecule has 6 heteroatoms. The highest BCUT2D eigenvalue weighted by Crippen LogP contribution is 2.21. The molecule has 0 heterocycles. The normalized spacial score (nSPS) is 12.1. The molecule has 0 saturated carbocycles.